The lowest BCUT2D eigenvalue weighted by atomic mass is 10.2. The molecule has 13 heavy (non-hydrogen) atoms. The minimum absolute atomic E-state index is 0.101. The predicted molar refractivity (Wildman–Crippen MR) is 55.3 cm³/mol. The van der Waals surface area contributed by atoms with E-state index in [4.69, 9.17) is 23.2 Å². The van der Waals surface area contributed by atoms with E-state index in [-0.39, 0.29) is 5.43 Å². The van der Waals surface area contributed by atoms with E-state index >= 15 is 0 Å². The molecule has 0 bridgehead atoms. The van der Waals surface area contributed by atoms with Gasteiger partial charge in [-0.05, 0) is 19.1 Å². The van der Waals surface area contributed by atoms with Gasteiger partial charge in [-0.2, -0.15) is 0 Å². The molecule has 1 nitrogen and oxygen atoms in total. The summed E-state index contributed by atoms with van der Waals surface area (Å²) in [7, 11) is 0. The average Bonchev–Trinajstić information content (AvgIpc) is 2.61. The van der Waals surface area contributed by atoms with Gasteiger partial charge >= 0.3 is 0 Å². The number of hydrogen-bond acceptors (Lipinski definition) is 1. The first-order valence-electron chi connectivity index (χ1n) is 3.82. The van der Waals surface area contributed by atoms with Crippen molar-refractivity contribution in [2.24, 2.45) is 0 Å². The largest absolute Gasteiger partial charge is 0.289 e. The summed E-state index contributed by atoms with van der Waals surface area (Å²) >= 11 is 11.7. The first kappa shape index (κ1) is 8.79. The monoisotopic (exact) mass is 212 g/mol. The lowest BCUT2D eigenvalue weighted by Gasteiger charge is -1.97. The average molecular weight is 213 g/mol. The summed E-state index contributed by atoms with van der Waals surface area (Å²) in [4.78, 5) is 11.1. The molecular weight excluding hydrogens is 207 g/mol. The van der Waals surface area contributed by atoms with Gasteiger partial charge in [0.05, 0.1) is 5.02 Å². The fraction of sp³-hybridized carbons (Fsp3) is 0.100. The maximum atomic E-state index is 11.1. The summed E-state index contributed by atoms with van der Waals surface area (Å²) in [6.45, 7) is 1.79. The topological polar surface area (TPSA) is 17.1 Å². The normalized spacial score (nSPS) is 11.0. The van der Waals surface area contributed by atoms with Crippen LogP contribution in [-0.4, -0.2) is 0 Å². The van der Waals surface area contributed by atoms with Gasteiger partial charge in [0.1, 0.15) is 0 Å². The van der Waals surface area contributed by atoms with Gasteiger partial charge in [-0.15, -0.1) is 0 Å². The fourth-order valence-corrected chi connectivity index (χ4v) is 1.78. The Hall–Kier alpha value is -0.790. The Labute approximate surface area is 85.6 Å². The van der Waals surface area contributed by atoms with Crippen molar-refractivity contribution in [3.05, 3.63) is 44.0 Å². The molecule has 2 aromatic carbocycles. The fourth-order valence-electron chi connectivity index (χ4n) is 1.27. The van der Waals surface area contributed by atoms with Crippen LogP contribution in [0.5, 0.6) is 0 Å². The Morgan fingerprint density at radius 1 is 1.23 bits per heavy atom. The second-order valence-electron chi connectivity index (χ2n) is 2.95. The molecule has 0 unspecified atom stereocenters. The number of hydrogen-bond donors (Lipinski definition) is 0. The molecule has 0 spiro atoms. The highest BCUT2D eigenvalue weighted by Gasteiger charge is 2.21. The molecule has 0 aromatic heterocycles. The van der Waals surface area contributed by atoms with E-state index in [9.17, 15) is 4.79 Å². The van der Waals surface area contributed by atoms with E-state index in [1.54, 1.807) is 25.1 Å². The second-order valence-corrected chi connectivity index (χ2v) is 3.80. The predicted octanol–water partition coefficient (Wildman–Crippen LogP) is 3.20. The zero-order valence-electron chi connectivity index (χ0n) is 6.90. The highest BCUT2D eigenvalue weighted by Crippen LogP contribution is 2.32. The highest BCUT2D eigenvalue weighted by molar-refractivity contribution is 6.36. The van der Waals surface area contributed by atoms with Crippen molar-refractivity contribution in [1.29, 1.82) is 0 Å². The molecule has 66 valence electrons. The van der Waals surface area contributed by atoms with Crippen molar-refractivity contribution >= 4 is 23.2 Å². The molecule has 0 atom stereocenters. The van der Waals surface area contributed by atoms with Gasteiger partial charge in [-0.3, -0.25) is 4.79 Å². The Bertz CT molecular complexity index is 479. The van der Waals surface area contributed by atoms with E-state index in [0.717, 1.165) is 16.7 Å². The van der Waals surface area contributed by atoms with Crippen LogP contribution in [0.25, 0.3) is 11.1 Å². The van der Waals surface area contributed by atoms with Crippen molar-refractivity contribution in [2.75, 3.05) is 0 Å². The Kier molecular flexibility index (Phi) is 1.94. The van der Waals surface area contributed by atoms with Gasteiger partial charge in [0.2, 0.25) is 0 Å². The molecule has 0 radical (unpaired) electrons. The van der Waals surface area contributed by atoms with Crippen LogP contribution in [0.15, 0.2) is 23.0 Å². The Morgan fingerprint density at radius 2 is 1.85 bits per heavy atom. The van der Waals surface area contributed by atoms with Crippen molar-refractivity contribution in [1.82, 2.24) is 0 Å². The summed E-state index contributed by atoms with van der Waals surface area (Å²) in [6.07, 6.45) is 0. The molecule has 0 fully saturated rings. The molecule has 2 aromatic rings. The summed E-state index contributed by atoms with van der Waals surface area (Å²) in [5, 5.41) is 1.12. The molecule has 3 heteroatoms. The van der Waals surface area contributed by atoms with Crippen LogP contribution in [-0.2, 0) is 0 Å². The SMILES string of the molecule is Cc1c(-c2ccc(Cl)cc2Cl)c1=O. The Balaban J connectivity index is 2.55. The molecule has 0 heterocycles. The smallest absolute Gasteiger partial charge is 0.190 e. The van der Waals surface area contributed by atoms with Crippen LogP contribution in [0.1, 0.15) is 5.56 Å². The minimum Gasteiger partial charge on any atom is -0.289 e. The third-order valence-corrected chi connectivity index (χ3v) is 2.63. The molecule has 0 saturated heterocycles. The van der Waals surface area contributed by atoms with Gasteiger partial charge in [-0.25, -0.2) is 0 Å². The zero-order chi connectivity index (χ0) is 9.59. The van der Waals surface area contributed by atoms with Crippen LogP contribution in [0.4, 0.5) is 0 Å². The van der Waals surface area contributed by atoms with E-state index in [2.05, 4.69) is 0 Å². The van der Waals surface area contributed by atoms with Gasteiger partial charge in [0.25, 0.3) is 0 Å². The highest BCUT2D eigenvalue weighted by atomic mass is 35.5. The van der Waals surface area contributed by atoms with E-state index < -0.39 is 0 Å². The molecule has 0 saturated carbocycles. The molecule has 2 rings (SSSR count). The van der Waals surface area contributed by atoms with Crippen molar-refractivity contribution in [3.63, 3.8) is 0 Å². The number of rotatable bonds is 1. The molecule has 0 aliphatic carbocycles. The lowest BCUT2D eigenvalue weighted by Crippen LogP contribution is -1.78. The van der Waals surface area contributed by atoms with Crippen LogP contribution in [0.3, 0.4) is 0 Å². The first-order chi connectivity index (χ1) is 6.11. The molecule has 0 aliphatic heterocycles. The molecular formula is C10H6Cl2O. The molecule has 0 N–H and O–H groups in total. The zero-order valence-corrected chi connectivity index (χ0v) is 8.41. The van der Waals surface area contributed by atoms with Crippen molar-refractivity contribution in [3.8, 4) is 11.1 Å². The summed E-state index contributed by atoms with van der Waals surface area (Å²) < 4.78 is 0. The van der Waals surface area contributed by atoms with E-state index in [1.807, 2.05) is 0 Å². The number of benzene rings is 1. The summed E-state index contributed by atoms with van der Waals surface area (Å²) in [5.41, 5.74) is 2.42. The lowest BCUT2D eigenvalue weighted by molar-refractivity contribution is 1.63. The van der Waals surface area contributed by atoms with E-state index in [1.165, 1.54) is 0 Å². The molecule has 0 aliphatic rings. The van der Waals surface area contributed by atoms with Crippen LogP contribution in [0.2, 0.25) is 10.0 Å². The summed E-state index contributed by atoms with van der Waals surface area (Å²) in [5.74, 6) is 0. The minimum atomic E-state index is 0.101. The third kappa shape index (κ3) is 1.38. The standard InChI is InChI=1S/C10H6Cl2O/c1-5-9(10(5)13)7-3-2-6(11)4-8(7)12/h2-4H,1H3. The molecule has 0 amide bonds. The quantitative estimate of drug-likeness (QED) is 0.710. The van der Waals surface area contributed by atoms with Gasteiger partial charge in [0, 0.05) is 21.7 Å². The van der Waals surface area contributed by atoms with Crippen LogP contribution in [0, 0.1) is 6.92 Å². The maximum absolute atomic E-state index is 11.1. The third-order valence-electron chi connectivity index (χ3n) is 2.08. The van der Waals surface area contributed by atoms with Crippen LogP contribution >= 0.6 is 23.2 Å². The van der Waals surface area contributed by atoms with E-state index in [0.29, 0.717) is 10.0 Å². The van der Waals surface area contributed by atoms with Crippen LogP contribution < -0.4 is 5.43 Å². The summed E-state index contributed by atoms with van der Waals surface area (Å²) in [6, 6.07) is 5.15. The van der Waals surface area contributed by atoms with Gasteiger partial charge in [-0.1, -0.05) is 29.3 Å². The number of halogens is 2. The second kappa shape index (κ2) is 2.86. The Morgan fingerprint density at radius 3 is 2.31 bits per heavy atom. The van der Waals surface area contributed by atoms with Gasteiger partial charge < -0.3 is 0 Å². The van der Waals surface area contributed by atoms with Crippen molar-refractivity contribution in [2.45, 2.75) is 6.92 Å². The first-order valence-corrected chi connectivity index (χ1v) is 4.58. The van der Waals surface area contributed by atoms with Crippen molar-refractivity contribution < 1.29 is 0 Å². The maximum Gasteiger partial charge on any atom is 0.190 e. The van der Waals surface area contributed by atoms with Gasteiger partial charge in [0.15, 0.2) is 5.43 Å².